The quantitative estimate of drug-likeness (QED) is 0.140. The highest BCUT2D eigenvalue weighted by Crippen LogP contribution is 2.52. The molecule has 16 nitrogen and oxygen atoms in total. The Hall–Kier alpha value is -3.49. The summed E-state index contributed by atoms with van der Waals surface area (Å²) in [5.74, 6) is -1.76. The number of carbonyl (C=O) groups is 1. The van der Waals surface area contributed by atoms with Gasteiger partial charge in [0.05, 0.1) is 13.7 Å². The second-order valence-corrected chi connectivity index (χ2v) is 10.8. The number of ether oxygens (including phenoxy) is 4. The van der Waals surface area contributed by atoms with Gasteiger partial charge in [-0.1, -0.05) is 23.3 Å². The van der Waals surface area contributed by atoms with Crippen LogP contribution in [0, 0.1) is 0 Å². The third-order valence-corrected chi connectivity index (χ3v) is 7.46. The summed E-state index contributed by atoms with van der Waals surface area (Å²) >= 11 is 0. The van der Waals surface area contributed by atoms with Crippen molar-refractivity contribution in [1.82, 2.24) is 14.6 Å². The van der Waals surface area contributed by atoms with Gasteiger partial charge in [0.25, 0.3) is 0 Å². The van der Waals surface area contributed by atoms with Crippen LogP contribution in [0.25, 0.3) is 10.4 Å². The molecule has 2 aliphatic heterocycles. The molecular weight excluding hydrogens is 537 g/mol. The number of anilines is 1. The number of rotatable bonds is 10. The Kier molecular flexibility index (Phi) is 8.00. The topological polar surface area (TPSA) is 211 Å². The first-order chi connectivity index (χ1) is 18.4. The van der Waals surface area contributed by atoms with Crippen molar-refractivity contribution in [3.05, 3.63) is 63.5 Å². The van der Waals surface area contributed by atoms with Crippen molar-refractivity contribution in [2.45, 2.75) is 56.8 Å². The molecule has 39 heavy (non-hydrogen) atoms. The molecule has 1 unspecified atom stereocenters. The van der Waals surface area contributed by atoms with Crippen LogP contribution in [0.4, 0.5) is 5.82 Å². The van der Waals surface area contributed by atoms with Gasteiger partial charge in [-0.2, -0.15) is 10.1 Å². The number of fused-ring (bicyclic) bond motifs is 1. The van der Waals surface area contributed by atoms with Gasteiger partial charge >= 0.3 is 19.4 Å². The third kappa shape index (κ3) is 6.07. The molecule has 4 rings (SSSR count). The third-order valence-electron chi connectivity index (χ3n) is 5.84. The molecule has 2 aliphatic rings. The summed E-state index contributed by atoms with van der Waals surface area (Å²) in [6, 6.07) is 8.32. The Bertz CT molecular complexity index is 1370. The van der Waals surface area contributed by atoms with Crippen LogP contribution in [-0.2, 0) is 32.8 Å². The zero-order valence-electron chi connectivity index (χ0n) is 21.5. The first kappa shape index (κ1) is 28.5. The molecule has 0 radical (unpaired) electrons. The largest absolute Gasteiger partial charge is 0.468 e. The van der Waals surface area contributed by atoms with Gasteiger partial charge in [0.2, 0.25) is 5.72 Å². The maximum atomic E-state index is 13.9. The fraction of sp³-hybridized carbons (Fsp3) is 0.500. The van der Waals surface area contributed by atoms with E-state index in [4.69, 9.17) is 33.7 Å². The number of nitrogens with one attached hydrogen (secondary N) is 1. The highest BCUT2D eigenvalue weighted by Gasteiger charge is 2.64. The number of benzene rings is 1. The Morgan fingerprint density at radius 2 is 2.03 bits per heavy atom. The first-order valence-corrected chi connectivity index (χ1v) is 13.2. The number of carbonyl (C=O) groups excluding carboxylic acids is 1. The van der Waals surface area contributed by atoms with Gasteiger partial charge < -0.3 is 29.2 Å². The van der Waals surface area contributed by atoms with E-state index in [1.54, 1.807) is 32.0 Å². The van der Waals surface area contributed by atoms with Crippen LogP contribution in [0.3, 0.4) is 0 Å². The van der Waals surface area contributed by atoms with Gasteiger partial charge in [0.15, 0.2) is 12.0 Å². The minimum atomic E-state index is -4.37. The summed E-state index contributed by atoms with van der Waals surface area (Å²) in [4.78, 5) is 31.3. The fourth-order valence-corrected chi connectivity index (χ4v) is 5.69. The van der Waals surface area contributed by atoms with Crippen LogP contribution in [-0.4, -0.2) is 59.0 Å². The van der Waals surface area contributed by atoms with Crippen molar-refractivity contribution in [1.29, 1.82) is 0 Å². The molecule has 1 aromatic heterocycles. The summed E-state index contributed by atoms with van der Waals surface area (Å²) in [6.07, 6.45) is -1.95. The minimum Gasteiger partial charge on any atom is -0.468 e. The lowest BCUT2D eigenvalue weighted by Crippen LogP contribution is -2.46. The van der Waals surface area contributed by atoms with Crippen molar-refractivity contribution in [3.63, 3.8) is 0 Å². The number of nitrogens with zero attached hydrogens (tertiary/aromatic N) is 5. The van der Waals surface area contributed by atoms with Crippen LogP contribution in [0.1, 0.15) is 27.0 Å². The van der Waals surface area contributed by atoms with E-state index in [-0.39, 0.29) is 11.6 Å². The van der Waals surface area contributed by atoms with E-state index < -0.39 is 62.0 Å². The maximum absolute atomic E-state index is 13.9. The number of azide groups is 1. The average Bonchev–Trinajstić information content (AvgIpc) is 3.35. The standard InChI is InChI=1S/C22H28N7O9P/c1-13(19(30)33-4)26-39(32,38-14-8-6-5-7-9-14)34-12-22(27-28-24)17-16(35-21(2,3)36-17)18(37-22)29-11-10-15(23)25-20(29)31/h5-11,13,16-18H,12H2,1-4H3,(H,26,32)(H2,23,25,31)/t13-,16+,17-,18+,22+,39?/m0/s1. The number of hydrogen-bond donors (Lipinski definition) is 2. The summed E-state index contributed by atoms with van der Waals surface area (Å²) in [5, 5.41) is 6.30. The number of nitrogens with two attached hydrogens (primary N) is 1. The lowest BCUT2D eigenvalue weighted by Gasteiger charge is -2.32. The molecule has 3 N–H and O–H groups in total. The number of aromatic nitrogens is 2. The number of nitrogen functional groups attached to an aromatic ring is 1. The summed E-state index contributed by atoms with van der Waals surface area (Å²) < 4.78 is 49.1. The van der Waals surface area contributed by atoms with Crippen molar-refractivity contribution in [2.24, 2.45) is 5.11 Å². The van der Waals surface area contributed by atoms with E-state index in [9.17, 15) is 19.7 Å². The van der Waals surface area contributed by atoms with Gasteiger partial charge in [0, 0.05) is 11.1 Å². The zero-order chi connectivity index (χ0) is 28.4. The van der Waals surface area contributed by atoms with E-state index in [1.807, 2.05) is 0 Å². The Morgan fingerprint density at radius 3 is 2.67 bits per heavy atom. The van der Waals surface area contributed by atoms with E-state index >= 15 is 0 Å². The lowest BCUT2D eigenvalue weighted by atomic mass is 10.1. The van der Waals surface area contributed by atoms with Crippen molar-refractivity contribution >= 4 is 19.5 Å². The molecule has 0 bridgehead atoms. The molecule has 0 amide bonds. The molecule has 1 aromatic carbocycles. The van der Waals surface area contributed by atoms with Crippen LogP contribution in [0.15, 0.2) is 52.5 Å². The van der Waals surface area contributed by atoms with Crippen LogP contribution >= 0.6 is 7.75 Å². The fourth-order valence-electron chi connectivity index (χ4n) is 4.18. The molecule has 3 heterocycles. The van der Waals surface area contributed by atoms with Crippen LogP contribution in [0.2, 0.25) is 0 Å². The number of esters is 1. The van der Waals surface area contributed by atoms with Crippen molar-refractivity contribution < 1.29 is 37.4 Å². The lowest BCUT2D eigenvalue weighted by molar-refractivity contribution is -0.224. The predicted molar refractivity (Wildman–Crippen MR) is 134 cm³/mol. The molecular formula is C22H28N7O9P. The molecule has 2 fully saturated rings. The highest BCUT2D eigenvalue weighted by molar-refractivity contribution is 7.52. The monoisotopic (exact) mass is 565 g/mol. The van der Waals surface area contributed by atoms with E-state index in [2.05, 4.69) is 20.1 Å². The van der Waals surface area contributed by atoms with Crippen LogP contribution in [0.5, 0.6) is 5.75 Å². The van der Waals surface area contributed by atoms with E-state index in [0.29, 0.717) is 0 Å². The van der Waals surface area contributed by atoms with Gasteiger partial charge in [-0.25, -0.2) is 9.36 Å². The summed E-state index contributed by atoms with van der Waals surface area (Å²) in [6.45, 7) is 3.94. The number of methoxy groups -OCH3 is 1. The van der Waals surface area contributed by atoms with Gasteiger partial charge in [0.1, 0.15) is 29.8 Å². The number of hydrogen-bond acceptors (Lipinski definition) is 12. The van der Waals surface area contributed by atoms with Crippen molar-refractivity contribution in [2.75, 3.05) is 19.5 Å². The molecule has 2 saturated heterocycles. The maximum Gasteiger partial charge on any atom is 0.459 e. The number of para-hydroxylation sites is 1. The van der Waals surface area contributed by atoms with Gasteiger partial charge in [-0.15, -0.1) is 0 Å². The summed E-state index contributed by atoms with van der Waals surface area (Å²) in [5.41, 5.74) is 12.3. The Balaban J connectivity index is 1.69. The smallest absolute Gasteiger partial charge is 0.459 e. The normalized spacial score (nSPS) is 27.5. The molecule has 2 aromatic rings. The molecule has 6 atom stereocenters. The van der Waals surface area contributed by atoms with Gasteiger partial charge in [-0.05, 0) is 44.5 Å². The summed E-state index contributed by atoms with van der Waals surface area (Å²) in [7, 11) is -3.20. The molecule has 210 valence electrons. The second kappa shape index (κ2) is 10.9. The van der Waals surface area contributed by atoms with Crippen molar-refractivity contribution in [3.8, 4) is 5.75 Å². The van der Waals surface area contributed by atoms with Crippen LogP contribution < -0.4 is 21.0 Å². The highest BCUT2D eigenvalue weighted by atomic mass is 31.2. The zero-order valence-corrected chi connectivity index (χ0v) is 22.4. The SMILES string of the molecule is COC(=O)[C@H](C)NP(=O)(OC[C@@]1(N=[N+]=[N-])O[C@@H](n2ccc(N)nc2=O)[C@@H]2OC(C)(C)O[C@@H]21)Oc1ccccc1. The first-order valence-electron chi connectivity index (χ1n) is 11.7. The Labute approximate surface area is 222 Å². The van der Waals surface area contributed by atoms with E-state index in [1.165, 1.54) is 38.4 Å². The molecule has 0 spiro atoms. The molecule has 17 heteroatoms. The average molecular weight is 565 g/mol. The van der Waals surface area contributed by atoms with Gasteiger partial charge in [-0.3, -0.25) is 13.9 Å². The predicted octanol–water partition coefficient (Wildman–Crippen LogP) is 2.24. The second-order valence-electron chi connectivity index (χ2n) is 9.15. The Morgan fingerprint density at radius 1 is 1.31 bits per heavy atom. The molecule has 0 saturated carbocycles. The molecule has 0 aliphatic carbocycles. The minimum absolute atomic E-state index is 0.0100. The van der Waals surface area contributed by atoms with E-state index in [0.717, 1.165) is 4.57 Å².